The summed E-state index contributed by atoms with van der Waals surface area (Å²) in [6.07, 6.45) is 3.70. The largest absolute Gasteiger partial charge is 0.397 e. The summed E-state index contributed by atoms with van der Waals surface area (Å²) in [5, 5.41) is 0. The van der Waals surface area contributed by atoms with Crippen LogP contribution in [0.4, 0.5) is 11.4 Å². The van der Waals surface area contributed by atoms with E-state index in [1.165, 1.54) is 19.3 Å². The molecule has 0 spiro atoms. The van der Waals surface area contributed by atoms with Crippen molar-refractivity contribution in [2.75, 3.05) is 23.7 Å². The first-order valence-corrected chi connectivity index (χ1v) is 6.04. The third-order valence-electron chi connectivity index (χ3n) is 3.34. The van der Waals surface area contributed by atoms with Gasteiger partial charge in [0.25, 0.3) is 0 Å². The molecule has 1 aliphatic rings. The Bertz CT molecular complexity index is 437. The molecule has 4 N–H and O–H groups in total. The predicted octanol–water partition coefficient (Wildman–Crippen LogP) is 1.67. The zero-order valence-electron chi connectivity index (χ0n) is 10.2. The van der Waals surface area contributed by atoms with Crippen molar-refractivity contribution in [1.29, 1.82) is 0 Å². The molecular formula is C13H19N3O. The van der Waals surface area contributed by atoms with Crippen molar-refractivity contribution in [3.05, 3.63) is 23.3 Å². The fourth-order valence-electron chi connectivity index (χ4n) is 2.38. The average molecular weight is 233 g/mol. The lowest BCUT2D eigenvalue weighted by molar-refractivity contribution is 0.1000. The highest BCUT2D eigenvalue weighted by molar-refractivity contribution is 5.96. The van der Waals surface area contributed by atoms with Gasteiger partial charge in [0.05, 0.1) is 11.4 Å². The fraction of sp³-hybridized carbons (Fsp3) is 0.462. The SMILES string of the molecule is Cc1cc(N2CCCCC2)c(N)cc1C(N)=O. The molecule has 1 heterocycles. The van der Waals surface area contributed by atoms with Crippen LogP contribution in [-0.4, -0.2) is 19.0 Å². The minimum atomic E-state index is -0.417. The number of hydrogen-bond acceptors (Lipinski definition) is 3. The van der Waals surface area contributed by atoms with E-state index in [1.54, 1.807) is 6.07 Å². The van der Waals surface area contributed by atoms with Crippen molar-refractivity contribution in [3.63, 3.8) is 0 Å². The third-order valence-corrected chi connectivity index (χ3v) is 3.34. The number of aryl methyl sites for hydroxylation is 1. The number of primary amides is 1. The Kier molecular flexibility index (Phi) is 3.22. The second kappa shape index (κ2) is 4.65. The van der Waals surface area contributed by atoms with Crippen LogP contribution < -0.4 is 16.4 Å². The summed E-state index contributed by atoms with van der Waals surface area (Å²) in [6, 6.07) is 3.67. The van der Waals surface area contributed by atoms with Crippen LogP contribution in [0.15, 0.2) is 12.1 Å². The quantitative estimate of drug-likeness (QED) is 0.763. The van der Waals surface area contributed by atoms with E-state index < -0.39 is 5.91 Å². The van der Waals surface area contributed by atoms with Gasteiger partial charge in [0, 0.05) is 18.7 Å². The van der Waals surface area contributed by atoms with Gasteiger partial charge >= 0.3 is 0 Å². The molecule has 0 radical (unpaired) electrons. The van der Waals surface area contributed by atoms with E-state index in [1.807, 2.05) is 13.0 Å². The maximum atomic E-state index is 11.2. The Morgan fingerprint density at radius 1 is 1.24 bits per heavy atom. The molecule has 1 aromatic rings. The lowest BCUT2D eigenvalue weighted by Gasteiger charge is -2.30. The molecule has 4 nitrogen and oxygen atoms in total. The van der Waals surface area contributed by atoms with Gasteiger partial charge in [-0.1, -0.05) is 0 Å². The summed E-state index contributed by atoms with van der Waals surface area (Å²) in [4.78, 5) is 13.5. The molecule has 0 aromatic heterocycles. The summed E-state index contributed by atoms with van der Waals surface area (Å²) in [6.45, 7) is 3.98. The first kappa shape index (κ1) is 11.8. The van der Waals surface area contributed by atoms with Gasteiger partial charge in [0.1, 0.15) is 0 Å². The van der Waals surface area contributed by atoms with E-state index in [0.29, 0.717) is 11.3 Å². The Labute approximate surface area is 102 Å². The minimum absolute atomic E-state index is 0.417. The van der Waals surface area contributed by atoms with Gasteiger partial charge in [0.15, 0.2) is 0 Å². The second-order valence-electron chi connectivity index (χ2n) is 4.64. The molecule has 0 saturated carbocycles. The monoisotopic (exact) mass is 233 g/mol. The van der Waals surface area contributed by atoms with Gasteiger partial charge < -0.3 is 16.4 Å². The van der Waals surface area contributed by atoms with E-state index in [4.69, 9.17) is 11.5 Å². The molecule has 17 heavy (non-hydrogen) atoms. The molecule has 0 aliphatic carbocycles. The smallest absolute Gasteiger partial charge is 0.249 e. The summed E-state index contributed by atoms with van der Waals surface area (Å²) >= 11 is 0. The maximum absolute atomic E-state index is 11.2. The van der Waals surface area contributed by atoms with Crippen LogP contribution in [-0.2, 0) is 0 Å². The number of nitrogen functional groups attached to an aromatic ring is 1. The second-order valence-corrected chi connectivity index (χ2v) is 4.64. The number of amides is 1. The van der Waals surface area contributed by atoms with Gasteiger partial charge in [-0.3, -0.25) is 4.79 Å². The molecule has 92 valence electrons. The molecule has 4 heteroatoms. The van der Waals surface area contributed by atoms with E-state index in [-0.39, 0.29) is 0 Å². The van der Waals surface area contributed by atoms with E-state index in [2.05, 4.69) is 4.90 Å². The molecule has 0 unspecified atom stereocenters. The highest BCUT2D eigenvalue weighted by Crippen LogP contribution is 2.29. The summed E-state index contributed by atoms with van der Waals surface area (Å²) in [7, 11) is 0. The third kappa shape index (κ3) is 2.35. The van der Waals surface area contributed by atoms with Crippen LogP contribution in [0.5, 0.6) is 0 Å². The van der Waals surface area contributed by atoms with Gasteiger partial charge in [-0.15, -0.1) is 0 Å². The standard InChI is InChI=1S/C13H19N3O/c1-9-7-12(16-5-3-2-4-6-16)11(14)8-10(9)13(15)17/h7-8H,2-6,14H2,1H3,(H2,15,17). The van der Waals surface area contributed by atoms with E-state index in [0.717, 1.165) is 24.3 Å². The lowest BCUT2D eigenvalue weighted by Crippen LogP contribution is -2.30. The van der Waals surface area contributed by atoms with E-state index >= 15 is 0 Å². The summed E-state index contributed by atoms with van der Waals surface area (Å²) in [5.74, 6) is -0.417. The van der Waals surface area contributed by atoms with Crippen molar-refractivity contribution >= 4 is 17.3 Å². The molecule has 1 saturated heterocycles. The first-order valence-electron chi connectivity index (χ1n) is 6.04. The molecule has 1 fully saturated rings. The average Bonchev–Trinajstić information content (AvgIpc) is 2.32. The van der Waals surface area contributed by atoms with Crippen LogP contribution in [0.1, 0.15) is 35.2 Å². The molecule has 2 rings (SSSR count). The number of benzene rings is 1. The van der Waals surface area contributed by atoms with Crippen molar-refractivity contribution < 1.29 is 4.79 Å². The lowest BCUT2D eigenvalue weighted by atomic mass is 10.0. The van der Waals surface area contributed by atoms with Crippen molar-refractivity contribution in [2.45, 2.75) is 26.2 Å². The van der Waals surface area contributed by atoms with Gasteiger partial charge in [0.2, 0.25) is 5.91 Å². The summed E-state index contributed by atoms with van der Waals surface area (Å²) < 4.78 is 0. The molecule has 1 amide bonds. The van der Waals surface area contributed by atoms with Crippen molar-refractivity contribution in [1.82, 2.24) is 0 Å². The Morgan fingerprint density at radius 2 is 1.88 bits per heavy atom. The minimum Gasteiger partial charge on any atom is -0.397 e. The number of nitrogens with two attached hydrogens (primary N) is 2. The zero-order valence-corrected chi connectivity index (χ0v) is 10.2. The number of hydrogen-bond donors (Lipinski definition) is 2. The topological polar surface area (TPSA) is 72.3 Å². The molecule has 0 bridgehead atoms. The van der Waals surface area contributed by atoms with Crippen LogP contribution >= 0.6 is 0 Å². The molecule has 1 aliphatic heterocycles. The highest BCUT2D eigenvalue weighted by Gasteiger charge is 2.16. The normalized spacial score (nSPS) is 15.9. The van der Waals surface area contributed by atoms with E-state index in [9.17, 15) is 4.79 Å². The van der Waals surface area contributed by atoms with Crippen LogP contribution in [0, 0.1) is 6.92 Å². The zero-order chi connectivity index (χ0) is 12.4. The van der Waals surface area contributed by atoms with Crippen molar-refractivity contribution in [3.8, 4) is 0 Å². The number of nitrogens with zero attached hydrogens (tertiary/aromatic N) is 1. The van der Waals surface area contributed by atoms with Crippen LogP contribution in [0.3, 0.4) is 0 Å². The van der Waals surface area contributed by atoms with Crippen molar-refractivity contribution in [2.24, 2.45) is 5.73 Å². The highest BCUT2D eigenvalue weighted by atomic mass is 16.1. The number of carbonyl (C=O) groups is 1. The first-order chi connectivity index (χ1) is 8.09. The number of carbonyl (C=O) groups excluding carboxylic acids is 1. The maximum Gasteiger partial charge on any atom is 0.249 e. The van der Waals surface area contributed by atoms with Crippen LogP contribution in [0.2, 0.25) is 0 Å². The predicted molar refractivity (Wildman–Crippen MR) is 70.2 cm³/mol. The fourth-order valence-corrected chi connectivity index (χ4v) is 2.38. The Morgan fingerprint density at radius 3 is 2.47 bits per heavy atom. The van der Waals surface area contributed by atoms with Crippen LogP contribution in [0.25, 0.3) is 0 Å². The van der Waals surface area contributed by atoms with Gasteiger partial charge in [-0.25, -0.2) is 0 Å². The number of piperidine rings is 1. The molecular weight excluding hydrogens is 214 g/mol. The Balaban J connectivity index is 2.35. The van der Waals surface area contributed by atoms with Gasteiger partial charge in [-0.2, -0.15) is 0 Å². The molecule has 1 aromatic carbocycles. The molecule has 0 atom stereocenters. The summed E-state index contributed by atoms with van der Waals surface area (Å²) in [5.41, 5.74) is 14.4. The Hall–Kier alpha value is -1.71. The number of rotatable bonds is 2. The number of anilines is 2. The van der Waals surface area contributed by atoms with Gasteiger partial charge in [-0.05, 0) is 43.9 Å².